The average molecular weight is 817 g/mol. The molecule has 6 aromatic carbocycles. The molecule has 2 unspecified atom stereocenters. The van der Waals surface area contributed by atoms with Crippen LogP contribution in [0.25, 0.3) is 12.2 Å². The summed E-state index contributed by atoms with van der Waals surface area (Å²) in [6.45, 7) is 0.920. The summed E-state index contributed by atoms with van der Waals surface area (Å²) in [4.78, 5) is 48.0. The SMILES string of the molecule is COC(=O)C(Cc1ccccc1)NC(=O)/C=C/c1ccc(COc2ccccc2)cc1.O=C(/C=C/c1ccc(COc2ccccc2)cc1)NC(Cc1ccccc1)C(=O)O. The quantitative estimate of drug-likeness (QED) is 0.0582. The molecule has 0 radical (unpaired) electrons. The summed E-state index contributed by atoms with van der Waals surface area (Å²) in [6, 6.07) is 51.5. The first kappa shape index (κ1) is 44.4. The predicted octanol–water partition coefficient (Wildman–Crippen LogP) is 8.27. The zero-order valence-corrected chi connectivity index (χ0v) is 33.8. The molecule has 0 aliphatic heterocycles. The average Bonchev–Trinajstić information content (AvgIpc) is 3.30. The van der Waals surface area contributed by atoms with E-state index in [0.717, 1.165) is 44.9 Å². The number of rotatable bonds is 18. The Kier molecular flexibility index (Phi) is 17.7. The molecule has 0 saturated carbocycles. The second-order valence-corrected chi connectivity index (χ2v) is 13.7. The number of hydrogen-bond acceptors (Lipinski definition) is 7. The number of esters is 1. The van der Waals surface area contributed by atoms with Crippen LogP contribution >= 0.6 is 0 Å². The molecule has 61 heavy (non-hydrogen) atoms. The maximum Gasteiger partial charge on any atom is 0.328 e. The van der Waals surface area contributed by atoms with E-state index in [4.69, 9.17) is 14.2 Å². The smallest absolute Gasteiger partial charge is 0.328 e. The van der Waals surface area contributed by atoms with E-state index < -0.39 is 29.9 Å². The van der Waals surface area contributed by atoms with Gasteiger partial charge >= 0.3 is 11.9 Å². The molecule has 2 atom stereocenters. The minimum absolute atomic E-state index is 0.228. The first-order valence-corrected chi connectivity index (χ1v) is 19.6. The third-order valence-corrected chi connectivity index (χ3v) is 9.09. The fourth-order valence-corrected chi connectivity index (χ4v) is 5.84. The van der Waals surface area contributed by atoms with Crippen molar-refractivity contribution in [3.8, 4) is 11.5 Å². The van der Waals surface area contributed by atoms with Gasteiger partial charge in [0.15, 0.2) is 0 Å². The molecule has 0 aromatic heterocycles. The number of amides is 2. The molecular formula is C51H48N2O8. The van der Waals surface area contributed by atoms with Crippen molar-refractivity contribution in [2.75, 3.05) is 7.11 Å². The molecule has 3 N–H and O–H groups in total. The molecular weight excluding hydrogens is 769 g/mol. The summed E-state index contributed by atoms with van der Waals surface area (Å²) in [5, 5.41) is 14.6. The Morgan fingerprint density at radius 3 is 1.23 bits per heavy atom. The third-order valence-electron chi connectivity index (χ3n) is 9.09. The van der Waals surface area contributed by atoms with Crippen molar-refractivity contribution in [2.45, 2.75) is 38.1 Å². The monoisotopic (exact) mass is 816 g/mol. The summed E-state index contributed by atoms with van der Waals surface area (Å²) in [5.41, 5.74) is 5.53. The van der Waals surface area contributed by atoms with Gasteiger partial charge in [-0.3, -0.25) is 9.59 Å². The van der Waals surface area contributed by atoms with Crippen LogP contribution in [0, 0.1) is 0 Å². The van der Waals surface area contributed by atoms with Crippen molar-refractivity contribution in [2.24, 2.45) is 0 Å². The summed E-state index contributed by atoms with van der Waals surface area (Å²) in [6.07, 6.45) is 6.70. The normalized spacial score (nSPS) is 11.7. The van der Waals surface area contributed by atoms with Crippen LogP contribution in [0.1, 0.15) is 33.4 Å². The highest BCUT2D eigenvalue weighted by molar-refractivity contribution is 5.95. The van der Waals surface area contributed by atoms with Crippen LogP contribution in [0.15, 0.2) is 182 Å². The number of carbonyl (C=O) groups excluding carboxylic acids is 3. The summed E-state index contributed by atoms with van der Waals surface area (Å²) >= 11 is 0. The van der Waals surface area contributed by atoms with Gasteiger partial charge in [-0.2, -0.15) is 0 Å². The minimum Gasteiger partial charge on any atom is -0.489 e. The molecule has 0 aliphatic rings. The fourth-order valence-electron chi connectivity index (χ4n) is 5.84. The number of carboxylic acids is 1. The second kappa shape index (κ2) is 24.3. The van der Waals surface area contributed by atoms with Crippen molar-refractivity contribution in [1.82, 2.24) is 10.6 Å². The van der Waals surface area contributed by atoms with Crippen molar-refractivity contribution in [3.63, 3.8) is 0 Å². The van der Waals surface area contributed by atoms with Crippen molar-refractivity contribution in [3.05, 3.63) is 215 Å². The number of carboxylic acid groups (broad SMARTS) is 1. The van der Waals surface area contributed by atoms with Crippen LogP contribution in [0.3, 0.4) is 0 Å². The summed E-state index contributed by atoms with van der Waals surface area (Å²) in [7, 11) is 1.31. The van der Waals surface area contributed by atoms with Gasteiger partial charge in [-0.1, -0.05) is 146 Å². The number of ether oxygens (including phenoxy) is 3. The lowest BCUT2D eigenvalue weighted by Crippen LogP contribution is -2.42. The minimum atomic E-state index is -1.07. The molecule has 6 aromatic rings. The molecule has 0 spiro atoms. The van der Waals surface area contributed by atoms with E-state index in [2.05, 4.69) is 10.6 Å². The number of nitrogens with one attached hydrogen (secondary N) is 2. The van der Waals surface area contributed by atoms with Crippen LogP contribution < -0.4 is 20.1 Å². The number of para-hydroxylation sites is 2. The van der Waals surface area contributed by atoms with Gasteiger partial charge in [0.2, 0.25) is 11.8 Å². The zero-order chi connectivity index (χ0) is 43.1. The van der Waals surface area contributed by atoms with E-state index >= 15 is 0 Å². The van der Waals surface area contributed by atoms with E-state index in [1.807, 2.05) is 170 Å². The number of hydrogen-bond donors (Lipinski definition) is 3. The second-order valence-electron chi connectivity index (χ2n) is 13.7. The van der Waals surface area contributed by atoms with Crippen LogP contribution in [-0.4, -0.2) is 48.1 Å². The van der Waals surface area contributed by atoms with E-state index in [0.29, 0.717) is 19.6 Å². The van der Waals surface area contributed by atoms with Crippen molar-refractivity contribution >= 4 is 35.9 Å². The Morgan fingerprint density at radius 1 is 0.492 bits per heavy atom. The van der Waals surface area contributed by atoms with Gasteiger partial charge in [0.1, 0.15) is 36.8 Å². The van der Waals surface area contributed by atoms with Gasteiger partial charge < -0.3 is 30.0 Å². The molecule has 2 amide bonds. The molecule has 0 aliphatic carbocycles. The third kappa shape index (κ3) is 16.2. The van der Waals surface area contributed by atoms with Gasteiger partial charge in [-0.25, -0.2) is 9.59 Å². The Balaban J connectivity index is 0.000000231. The van der Waals surface area contributed by atoms with Gasteiger partial charge in [0.25, 0.3) is 0 Å². The molecule has 10 heteroatoms. The highest BCUT2D eigenvalue weighted by atomic mass is 16.5. The van der Waals surface area contributed by atoms with Crippen LogP contribution in [0.4, 0.5) is 0 Å². The Morgan fingerprint density at radius 2 is 0.852 bits per heavy atom. The van der Waals surface area contributed by atoms with Crippen LogP contribution in [0.5, 0.6) is 11.5 Å². The molecule has 310 valence electrons. The van der Waals surface area contributed by atoms with Gasteiger partial charge in [-0.15, -0.1) is 0 Å². The van der Waals surface area contributed by atoms with E-state index in [1.165, 1.54) is 19.3 Å². The lowest BCUT2D eigenvalue weighted by molar-refractivity contribution is -0.144. The maximum absolute atomic E-state index is 12.3. The van der Waals surface area contributed by atoms with E-state index in [-0.39, 0.29) is 12.3 Å². The van der Waals surface area contributed by atoms with Crippen LogP contribution in [0.2, 0.25) is 0 Å². The largest absolute Gasteiger partial charge is 0.489 e. The lowest BCUT2D eigenvalue weighted by Gasteiger charge is -2.15. The molecule has 0 saturated heterocycles. The molecule has 0 heterocycles. The summed E-state index contributed by atoms with van der Waals surface area (Å²) in [5.74, 6) is -0.727. The molecule has 10 nitrogen and oxygen atoms in total. The Bertz CT molecular complexity index is 2320. The lowest BCUT2D eigenvalue weighted by atomic mass is 10.1. The standard InChI is InChI=1S/C26H25NO4.C25H23NO4/c1-30-26(29)24(18-21-8-4-2-5-9-21)27-25(28)17-16-20-12-14-22(15-13-20)19-31-23-10-6-3-7-11-23;27-24(26-23(25(28)29)17-20-7-3-1-4-8-20)16-15-19-11-13-21(14-12-19)18-30-22-9-5-2-6-10-22/h2-17,24H,18-19H2,1H3,(H,27,28);1-16,23H,17-18H2,(H,26,27)(H,28,29)/b17-16+;16-15+. The first-order chi connectivity index (χ1) is 29.7. The predicted molar refractivity (Wildman–Crippen MR) is 236 cm³/mol. The Labute approximate surface area is 356 Å². The topological polar surface area (TPSA) is 140 Å². The zero-order valence-electron chi connectivity index (χ0n) is 33.8. The Hall–Kier alpha value is -7.72. The highest BCUT2D eigenvalue weighted by Crippen LogP contribution is 2.15. The van der Waals surface area contributed by atoms with Crippen molar-refractivity contribution in [1.29, 1.82) is 0 Å². The highest BCUT2D eigenvalue weighted by Gasteiger charge is 2.21. The number of methoxy groups -OCH3 is 1. The van der Waals surface area contributed by atoms with Gasteiger partial charge in [0, 0.05) is 25.0 Å². The number of carbonyl (C=O) groups is 4. The number of benzene rings is 6. The first-order valence-electron chi connectivity index (χ1n) is 19.6. The maximum atomic E-state index is 12.3. The number of aliphatic carboxylic acids is 1. The van der Waals surface area contributed by atoms with E-state index in [9.17, 15) is 24.3 Å². The molecule has 0 bridgehead atoms. The van der Waals surface area contributed by atoms with Gasteiger partial charge in [0.05, 0.1) is 7.11 Å². The fraction of sp³-hybridized carbons (Fsp3) is 0.137. The van der Waals surface area contributed by atoms with Crippen LogP contribution in [-0.2, 0) is 50.0 Å². The van der Waals surface area contributed by atoms with Gasteiger partial charge in [-0.05, 0) is 69.8 Å². The molecule has 0 fully saturated rings. The summed E-state index contributed by atoms with van der Waals surface area (Å²) < 4.78 is 16.3. The van der Waals surface area contributed by atoms with Crippen molar-refractivity contribution < 1.29 is 38.5 Å². The molecule has 6 rings (SSSR count). The van der Waals surface area contributed by atoms with E-state index in [1.54, 1.807) is 12.2 Å².